The summed E-state index contributed by atoms with van der Waals surface area (Å²) in [6.45, 7) is 5.21. The smallest absolute Gasteiger partial charge is 0.337 e. The van der Waals surface area contributed by atoms with Crippen molar-refractivity contribution >= 4 is 28.5 Å². The van der Waals surface area contributed by atoms with Gasteiger partial charge >= 0.3 is 5.97 Å². The Hall–Kier alpha value is -1.80. The SMILES string of the molecule is CCOC(=O)C1=C2CC(N(C)S(C)=O)CN2C(C2=NC=CC2CC)=NC1. The van der Waals surface area contributed by atoms with Crippen LogP contribution in [0, 0.1) is 5.92 Å². The highest BCUT2D eigenvalue weighted by molar-refractivity contribution is 7.81. The van der Waals surface area contributed by atoms with E-state index >= 15 is 0 Å². The van der Waals surface area contributed by atoms with E-state index in [1.165, 1.54) is 0 Å². The summed E-state index contributed by atoms with van der Waals surface area (Å²) in [6, 6.07) is 0.0543. The molecule has 0 amide bonds. The van der Waals surface area contributed by atoms with Crippen molar-refractivity contribution in [2.24, 2.45) is 15.9 Å². The number of esters is 1. The number of hydrogen-bond acceptors (Lipinski definition) is 6. The van der Waals surface area contributed by atoms with E-state index in [-0.39, 0.29) is 17.9 Å². The third kappa shape index (κ3) is 3.40. The molecule has 1 saturated heterocycles. The van der Waals surface area contributed by atoms with Crippen molar-refractivity contribution in [1.82, 2.24) is 9.21 Å². The first-order chi connectivity index (χ1) is 12.5. The van der Waals surface area contributed by atoms with Crippen LogP contribution >= 0.6 is 0 Å². The van der Waals surface area contributed by atoms with Gasteiger partial charge in [-0.2, -0.15) is 0 Å². The van der Waals surface area contributed by atoms with Gasteiger partial charge in [-0.3, -0.25) is 9.98 Å². The van der Waals surface area contributed by atoms with Crippen molar-refractivity contribution in [3.8, 4) is 0 Å². The van der Waals surface area contributed by atoms with Crippen LogP contribution < -0.4 is 0 Å². The van der Waals surface area contributed by atoms with Crippen LogP contribution in [0.4, 0.5) is 0 Å². The molecule has 1 fully saturated rings. The Kier molecular flexibility index (Phi) is 5.72. The number of rotatable bonds is 6. The molecular formula is C18H26N4O3S. The monoisotopic (exact) mass is 378 g/mol. The number of allylic oxidation sites excluding steroid dienone is 1. The fraction of sp³-hybridized carbons (Fsp3) is 0.611. The average molecular weight is 378 g/mol. The summed E-state index contributed by atoms with van der Waals surface area (Å²) in [6.07, 6.45) is 7.19. The maximum atomic E-state index is 12.4. The lowest BCUT2D eigenvalue weighted by Crippen LogP contribution is -2.42. The highest BCUT2D eigenvalue weighted by Gasteiger charge is 2.41. The van der Waals surface area contributed by atoms with Gasteiger partial charge in [0.1, 0.15) is 0 Å². The van der Waals surface area contributed by atoms with Crippen LogP contribution in [0.5, 0.6) is 0 Å². The van der Waals surface area contributed by atoms with Crippen LogP contribution in [0.15, 0.2) is 33.5 Å². The van der Waals surface area contributed by atoms with Crippen molar-refractivity contribution in [3.63, 3.8) is 0 Å². The van der Waals surface area contributed by atoms with Crippen LogP contribution in [0.3, 0.4) is 0 Å². The number of ether oxygens (including phenoxy) is 1. The van der Waals surface area contributed by atoms with Crippen molar-refractivity contribution in [2.75, 3.05) is 33.0 Å². The average Bonchev–Trinajstić information content (AvgIpc) is 3.26. The second-order valence-corrected chi connectivity index (χ2v) is 8.02. The number of carbonyl (C=O) groups excluding carboxylic acids is 1. The third-order valence-corrected chi connectivity index (χ3v) is 6.24. The molecule has 0 spiro atoms. The van der Waals surface area contributed by atoms with E-state index in [1.54, 1.807) is 13.2 Å². The summed E-state index contributed by atoms with van der Waals surface area (Å²) < 4.78 is 19.0. The van der Waals surface area contributed by atoms with Gasteiger partial charge in [0.25, 0.3) is 0 Å². The highest BCUT2D eigenvalue weighted by Crippen LogP contribution is 2.33. The quantitative estimate of drug-likeness (QED) is 0.657. The molecule has 8 heteroatoms. The van der Waals surface area contributed by atoms with Gasteiger partial charge in [0.2, 0.25) is 0 Å². The second-order valence-electron chi connectivity index (χ2n) is 6.59. The number of amidine groups is 1. The molecule has 3 atom stereocenters. The first-order valence-corrected chi connectivity index (χ1v) is 10.5. The lowest BCUT2D eigenvalue weighted by Gasteiger charge is -2.29. The standard InChI is InChI=1S/C18H26N4O3S/c1-5-12-7-8-19-16(12)17-20-10-14(18(23)25-6-2)15-9-13(11-22(15)17)21(3)26(4)24/h7-8,12-13H,5-6,9-11H2,1-4H3. The summed E-state index contributed by atoms with van der Waals surface area (Å²) in [7, 11) is 0.776. The fourth-order valence-corrected chi connectivity index (χ4v) is 4.15. The van der Waals surface area contributed by atoms with Gasteiger partial charge in [-0.05, 0) is 13.3 Å². The number of likely N-dealkylation sites (N-methyl/N-ethyl adjacent to an activating group) is 1. The van der Waals surface area contributed by atoms with Gasteiger partial charge in [-0.15, -0.1) is 0 Å². The van der Waals surface area contributed by atoms with Gasteiger partial charge in [0.15, 0.2) is 5.84 Å². The normalized spacial score (nSPS) is 26.1. The van der Waals surface area contributed by atoms with E-state index in [4.69, 9.17) is 9.73 Å². The van der Waals surface area contributed by atoms with Gasteiger partial charge in [0.05, 0.1) is 35.4 Å². The zero-order valence-corrected chi connectivity index (χ0v) is 16.6. The van der Waals surface area contributed by atoms with Crippen molar-refractivity contribution in [1.29, 1.82) is 0 Å². The van der Waals surface area contributed by atoms with Crippen LogP contribution in [0.25, 0.3) is 0 Å². The Balaban J connectivity index is 1.94. The van der Waals surface area contributed by atoms with Gasteiger partial charge in [-0.25, -0.2) is 13.3 Å². The van der Waals surface area contributed by atoms with Gasteiger partial charge in [0, 0.05) is 50.1 Å². The van der Waals surface area contributed by atoms with E-state index in [0.717, 1.165) is 23.7 Å². The lowest BCUT2D eigenvalue weighted by molar-refractivity contribution is -0.138. The molecule has 3 rings (SSSR count). The van der Waals surface area contributed by atoms with E-state index in [0.29, 0.717) is 31.7 Å². The second kappa shape index (κ2) is 7.84. The summed E-state index contributed by atoms with van der Waals surface area (Å²) in [5, 5.41) is 0. The minimum absolute atomic E-state index is 0.0543. The molecule has 0 N–H and O–H groups in total. The molecule has 0 aromatic heterocycles. The topological polar surface area (TPSA) is 74.6 Å². The molecule has 142 valence electrons. The summed E-state index contributed by atoms with van der Waals surface area (Å²) in [5.74, 6) is 0.772. The van der Waals surface area contributed by atoms with Gasteiger partial charge in [-0.1, -0.05) is 13.0 Å². The number of carbonyl (C=O) groups is 1. The third-order valence-electron chi connectivity index (χ3n) is 5.13. The van der Waals surface area contributed by atoms with Crippen LogP contribution in [0.2, 0.25) is 0 Å². The van der Waals surface area contributed by atoms with E-state index in [9.17, 15) is 9.00 Å². The molecule has 3 unspecified atom stereocenters. The number of fused-ring (bicyclic) bond motifs is 1. The number of nitrogens with zero attached hydrogens (tertiary/aromatic N) is 4. The molecular weight excluding hydrogens is 352 g/mol. The lowest BCUT2D eigenvalue weighted by atomic mass is 9.99. The Morgan fingerprint density at radius 1 is 1.46 bits per heavy atom. The predicted molar refractivity (Wildman–Crippen MR) is 103 cm³/mol. The molecule has 0 aromatic carbocycles. The molecule has 0 bridgehead atoms. The molecule has 0 saturated carbocycles. The zero-order chi connectivity index (χ0) is 18.8. The molecule has 3 aliphatic heterocycles. The first-order valence-electron chi connectivity index (χ1n) is 9.00. The molecule has 0 aromatic rings. The van der Waals surface area contributed by atoms with Crippen molar-refractivity contribution < 1.29 is 13.7 Å². The fourth-order valence-electron chi connectivity index (χ4n) is 3.59. The minimum Gasteiger partial charge on any atom is -0.463 e. The largest absolute Gasteiger partial charge is 0.463 e. The number of aliphatic imine (C=N–C) groups is 2. The predicted octanol–water partition coefficient (Wildman–Crippen LogP) is 1.51. The first kappa shape index (κ1) is 19.0. The van der Waals surface area contributed by atoms with E-state index in [2.05, 4.69) is 22.9 Å². The molecule has 3 heterocycles. The molecule has 7 nitrogen and oxygen atoms in total. The molecule has 26 heavy (non-hydrogen) atoms. The summed E-state index contributed by atoms with van der Waals surface area (Å²) in [5.41, 5.74) is 2.49. The van der Waals surface area contributed by atoms with Crippen LogP contribution in [-0.4, -0.2) is 70.0 Å². The molecule has 0 aliphatic carbocycles. The minimum atomic E-state index is -1.08. The van der Waals surface area contributed by atoms with E-state index in [1.807, 2.05) is 17.6 Å². The highest BCUT2D eigenvalue weighted by atomic mass is 32.2. The molecule has 0 radical (unpaired) electrons. The summed E-state index contributed by atoms with van der Waals surface area (Å²) in [4.78, 5) is 23.7. The van der Waals surface area contributed by atoms with E-state index < -0.39 is 11.0 Å². The summed E-state index contributed by atoms with van der Waals surface area (Å²) >= 11 is 0. The maximum absolute atomic E-state index is 12.4. The van der Waals surface area contributed by atoms with Gasteiger partial charge < -0.3 is 9.64 Å². The van der Waals surface area contributed by atoms with Crippen molar-refractivity contribution in [2.45, 2.75) is 32.7 Å². The zero-order valence-electron chi connectivity index (χ0n) is 15.8. The van der Waals surface area contributed by atoms with Crippen LogP contribution in [-0.2, 0) is 20.5 Å². The Bertz CT molecular complexity index is 741. The Labute approximate surface area is 157 Å². The maximum Gasteiger partial charge on any atom is 0.337 e. The molecule has 3 aliphatic rings. The number of hydrogen-bond donors (Lipinski definition) is 0. The van der Waals surface area contributed by atoms with Crippen molar-refractivity contribution in [3.05, 3.63) is 23.5 Å². The van der Waals surface area contributed by atoms with Crippen LogP contribution in [0.1, 0.15) is 26.7 Å². The Morgan fingerprint density at radius 2 is 2.23 bits per heavy atom. The Morgan fingerprint density at radius 3 is 2.88 bits per heavy atom.